The number of fused-ring (bicyclic) bond motifs is 1. The second-order valence-electron chi connectivity index (χ2n) is 8.42. The lowest BCUT2D eigenvalue weighted by Gasteiger charge is -2.35. The fourth-order valence-electron chi connectivity index (χ4n) is 4.98. The Morgan fingerprint density at radius 2 is 1.63 bits per heavy atom. The lowest BCUT2D eigenvalue weighted by atomic mass is 9.92. The van der Waals surface area contributed by atoms with E-state index in [1.54, 1.807) is 0 Å². The smallest absolute Gasteiger partial charge is 0.227 e. The van der Waals surface area contributed by atoms with Crippen LogP contribution in [0.4, 0.5) is 0 Å². The molecule has 1 unspecified atom stereocenters. The minimum absolute atomic E-state index is 0.0189. The predicted octanol–water partition coefficient (Wildman–Crippen LogP) is 1.93. The maximum atomic E-state index is 13.1. The van der Waals surface area contributed by atoms with Crippen molar-refractivity contribution in [3.63, 3.8) is 0 Å². The molecule has 3 aliphatic heterocycles. The highest BCUT2D eigenvalue weighted by atomic mass is 16.2. The van der Waals surface area contributed by atoms with Crippen LogP contribution >= 0.6 is 0 Å². The van der Waals surface area contributed by atoms with Crippen LogP contribution in [0.25, 0.3) is 0 Å². The maximum Gasteiger partial charge on any atom is 0.227 e. The van der Waals surface area contributed by atoms with E-state index in [1.165, 1.54) is 0 Å². The molecule has 0 spiro atoms. The summed E-state index contributed by atoms with van der Waals surface area (Å²) in [6.07, 6.45) is 4.51. The lowest BCUT2D eigenvalue weighted by Crippen LogP contribution is -2.47. The van der Waals surface area contributed by atoms with Gasteiger partial charge in [0.25, 0.3) is 0 Å². The number of likely N-dealkylation sites (tertiary alicyclic amines) is 2. The topological polar surface area (TPSA) is 52.7 Å². The molecule has 3 fully saturated rings. The summed E-state index contributed by atoms with van der Waals surface area (Å²) in [5, 5.41) is 3.49. The van der Waals surface area contributed by atoms with E-state index in [1.807, 2.05) is 35.2 Å². The first-order valence-corrected chi connectivity index (χ1v) is 10.5. The Kier molecular flexibility index (Phi) is 5.77. The van der Waals surface area contributed by atoms with Crippen molar-refractivity contribution in [1.29, 1.82) is 0 Å². The number of nitrogens with one attached hydrogen (secondary N) is 1. The number of carbonyl (C=O) groups is 2. The van der Waals surface area contributed by atoms with Crippen molar-refractivity contribution in [2.24, 2.45) is 17.8 Å². The van der Waals surface area contributed by atoms with Crippen molar-refractivity contribution in [3.05, 3.63) is 35.9 Å². The van der Waals surface area contributed by atoms with Gasteiger partial charge in [0.05, 0.1) is 12.3 Å². The summed E-state index contributed by atoms with van der Waals surface area (Å²) in [6, 6.07) is 9.89. The Morgan fingerprint density at radius 1 is 0.926 bits per heavy atom. The van der Waals surface area contributed by atoms with Crippen molar-refractivity contribution in [2.75, 3.05) is 39.3 Å². The molecule has 0 radical (unpaired) electrons. The molecule has 3 atom stereocenters. The van der Waals surface area contributed by atoms with Gasteiger partial charge < -0.3 is 15.1 Å². The second-order valence-corrected chi connectivity index (χ2v) is 8.42. The molecular weight excluding hydrogens is 338 g/mol. The first kappa shape index (κ1) is 18.5. The number of hydrogen-bond acceptors (Lipinski definition) is 3. The molecule has 3 heterocycles. The summed E-state index contributed by atoms with van der Waals surface area (Å²) >= 11 is 0. The van der Waals surface area contributed by atoms with Crippen LogP contribution in [0.1, 0.15) is 31.2 Å². The molecule has 4 rings (SSSR count). The molecule has 3 aliphatic rings. The van der Waals surface area contributed by atoms with Crippen molar-refractivity contribution in [1.82, 2.24) is 15.1 Å². The molecule has 2 amide bonds. The van der Waals surface area contributed by atoms with Crippen molar-refractivity contribution in [2.45, 2.75) is 32.1 Å². The molecule has 1 aromatic carbocycles. The summed E-state index contributed by atoms with van der Waals surface area (Å²) in [7, 11) is 0. The summed E-state index contributed by atoms with van der Waals surface area (Å²) in [5.41, 5.74) is 1.05. The summed E-state index contributed by atoms with van der Waals surface area (Å²) in [5.74, 6) is 1.88. The molecular formula is C22H31N3O2. The van der Waals surface area contributed by atoms with Crippen LogP contribution in [0.3, 0.4) is 0 Å². The van der Waals surface area contributed by atoms with Gasteiger partial charge in [-0.25, -0.2) is 0 Å². The SMILES string of the molecule is O=C(Cc1ccccc1)N1CCCC(C(=O)N2CC[C@@H]3CNC[C@@H]3CC2)C1. The van der Waals surface area contributed by atoms with Crippen LogP contribution in [0.5, 0.6) is 0 Å². The van der Waals surface area contributed by atoms with Gasteiger partial charge in [0.2, 0.25) is 11.8 Å². The largest absolute Gasteiger partial charge is 0.342 e. The van der Waals surface area contributed by atoms with Gasteiger partial charge in [0.15, 0.2) is 0 Å². The maximum absolute atomic E-state index is 13.1. The van der Waals surface area contributed by atoms with Gasteiger partial charge in [0.1, 0.15) is 0 Å². The average molecular weight is 370 g/mol. The number of benzene rings is 1. The first-order chi connectivity index (χ1) is 13.2. The van der Waals surface area contributed by atoms with Crippen molar-refractivity contribution < 1.29 is 9.59 Å². The fourth-order valence-corrected chi connectivity index (χ4v) is 4.98. The second kappa shape index (κ2) is 8.42. The fraction of sp³-hybridized carbons (Fsp3) is 0.636. The molecule has 146 valence electrons. The Hall–Kier alpha value is -1.88. The zero-order chi connectivity index (χ0) is 18.6. The minimum Gasteiger partial charge on any atom is -0.342 e. The van der Waals surface area contributed by atoms with E-state index >= 15 is 0 Å². The van der Waals surface area contributed by atoms with Crippen LogP contribution in [0.15, 0.2) is 30.3 Å². The Balaban J connectivity index is 1.33. The molecule has 0 saturated carbocycles. The number of amides is 2. The molecule has 5 heteroatoms. The Labute approximate surface area is 162 Å². The number of piperidine rings is 1. The number of rotatable bonds is 3. The van der Waals surface area contributed by atoms with Crippen molar-refractivity contribution >= 4 is 11.8 Å². The van der Waals surface area contributed by atoms with Crippen LogP contribution in [-0.4, -0.2) is 60.9 Å². The predicted molar refractivity (Wildman–Crippen MR) is 105 cm³/mol. The van der Waals surface area contributed by atoms with Gasteiger partial charge in [-0.3, -0.25) is 9.59 Å². The van der Waals surface area contributed by atoms with Gasteiger partial charge in [-0.15, -0.1) is 0 Å². The third-order valence-corrected chi connectivity index (χ3v) is 6.65. The highest BCUT2D eigenvalue weighted by Crippen LogP contribution is 2.28. The molecule has 1 N–H and O–H groups in total. The monoisotopic (exact) mass is 369 g/mol. The van der Waals surface area contributed by atoms with Gasteiger partial charge in [0, 0.05) is 26.2 Å². The number of carbonyl (C=O) groups excluding carboxylic acids is 2. The summed E-state index contributed by atoms with van der Waals surface area (Å²) < 4.78 is 0. The molecule has 27 heavy (non-hydrogen) atoms. The standard InChI is InChI=1S/C22H31N3O2/c26-21(13-17-5-2-1-3-6-17)25-10-4-7-20(16-25)22(27)24-11-8-18-14-23-15-19(18)9-12-24/h1-3,5-6,18-20,23H,4,7-16H2/t18-,19+,20?. The third-order valence-electron chi connectivity index (χ3n) is 6.65. The van der Waals surface area contributed by atoms with E-state index in [2.05, 4.69) is 10.2 Å². The third kappa shape index (κ3) is 4.34. The van der Waals surface area contributed by atoms with Gasteiger partial charge in [-0.1, -0.05) is 30.3 Å². The highest BCUT2D eigenvalue weighted by Gasteiger charge is 2.35. The Morgan fingerprint density at radius 3 is 2.33 bits per heavy atom. The number of hydrogen-bond donors (Lipinski definition) is 1. The molecule has 5 nitrogen and oxygen atoms in total. The quantitative estimate of drug-likeness (QED) is 0.886. The molecule has 1 aromatic rings. The summed E-state index contributed by atoms with van der Waals surface area (Å²) in [6.45, 7) is 5.36. The van der Waals surface area contributed by atoms with Crippen LogP contribution < -0.4 is 5.32 Å². The summed E-state index contributed by atoms with van der Waals surface area (Å²) in [4.78, 5) is 29.8. The zero-order valence-electron chi connectivity index (χ0n) is 16.1. The normalized spacial score (nSPS) is 28.5. The minimum atomic E-state index is -0.0189. The molecule has 3 saturated heterocycles. The lowest BCUT2D eigenvalue weighted by molar-refractivity contribution is -0.140. The van der Waals surface area contributed by atoms with E-state index in [4.69, 9.17) is 0 Å². The van der Waals surface area contributed by atoms with E-state index in [9.17, 15) is 9.59 Å². The molecule has 0 aromatic heterocycles. The highest BCUT2D eigenvalue weighted by molar-refractivity contribution is 5.82. The zero-order valence-corrected chi connectivity index (χ0v) is 16.1. The first-order valence-electron chi connectivity index (χ1n) is 10.5. The van der Waals surface area contributed by atoms with Crippen LogP contribution in [-0.2, 0) is 16.0 Å². The van der Waals surface area contributed by atoms with Crippen LogP contribution in [0, 0.1) is 17.8 Å². The Bertz CT molecular complexity index is 649. The van der Waals surface area contributed by atoms with E-state index in [-0.39, 0.29) is 17.7 Å². The molecule has 0 bridgehead atoms. The van der Waals surface area contributed by atoms with E-state index < -0.39 is 0 Å². The van der Waals surface area contributed by atoms with Gasteiger partial charge >= 0.3 is 0 Å². The van der Waals surface area contributed by atoms with Crippen LogP contribution in [0.2, 0.25) is 0 Å². The average Bonchev–Trinajstić information content (AvgIpc) is 3.06. The van der Waals surface area contributed by atoms with Crippen molar-refractivity contribution in [3.8, 4) is 0 Å². The van der Waals surface area contributed by atoms with Gasteiger partial charge in [-0.05, 0) is 56.2 Å². The molecule has 0 aliphatic carbocycles. The van der Waals surface area contributed by atoms with Gasteiger partial charge in [-0.2, -0.15) is 0 Å². The van der Waals surface area contributed by atoms with E-state index in [0.29, 0.717) is 13.0 Å². The number of nitrogens with zero attached hydrogens (tertiary/aromatic N) is 2. The van der Waals surface area contributed by atoms with E-state index in [0.717, 1.165) is 75.8 Å².